The second-order valence-electron chi connectivity index (χ2n) is 6.50. The molecule has 0 amide bonds. The first-order valence-electron chi connectivity index (χ1n) is 8.15. The number of allylic oxidation sites excluding steroid dienone is 1. The van der Waals surface area contributed by atoms with Crippen LogP contribution in [0.3, 0.4) is 0 Å². The van der Waals surface area contributed by atoms with Gasteiger partial charge in [0.15, 0.2) is 0 Å². The van der Waals surface area contributed by atoms with Crippen LogP contribution in [0, 0.1) is 26.2 Å². The number of nitrogens with zero attached hydrogens (tertiary/aromatic N) is 1. The first-order valence-corrected chi connectivity index (χ1v) is 9.59. The van der Waals surface area contributed by atoms with E-state index in [1.807, 2.05) is 38.1 Å². The fourth-order valence-corrected chi connectivity index (χ4v) is 4.76. The summed E-state index contributed by atoms with van der Waals surface area (Å²) in [5.74, 6) is 2.82. The van der Waals surface area contributed by atoms with E-state index in [9.17, 15) is 8.42 Å². The molecular formula is C21H21NO2S. The van der Waals surface area contributed by atoms with Gasteiger partial charge in [-0.2, -0.15) is 0 Å². The fourth-order valence-electron chi connectivity index (χ4n) is 3.25. The quantitative estimate of drug-likeness (QED) is 0.789. The lowest BCUT2D eigenvalue weighted by molar-refractivity contribution is 0.509. The van der Waals surface area contributed by atoms with Crippen LogP contribution in [0.15, 0.2) is 65.7 Å². The van der Waals surface area contributed by atoms with E-state index < -0.39 is 15.4 Å². The molecule has 0 aromatic heterocycles. The van der Waals surface area contributed by atoms with E-state index in [2.05, 4.69) is 12.5 Å². The number of hydrogen-bond donors (Lipinski definition) is 0. The largest absolute Gasteiger partial charge is 0.269 e. The molecule has 2 aromatic carbocycles. The molecule has 2 aromatic rings. The van der Waals surface area contributed by atoms with E-state index in [1.165, 1.54) is 4.31 Å². The van der Waals surface area contributed by atoms with E-state index in [1.54, 1.807) is 24.3 Å². The second kappa shape index (κ2) is 6.09. The Morgan fingerprint density at radius 2 is 1.56 bits per heavy atom. The van der Waals surface area contributed by atoms with Gasteiger partial charge >= 0.3 is 0 Å². The lowest BCUT2D eigenvalue weighted by Crippen LogP contribution is -2.31. The Balaban J connectivity index is 2.02. The highest BCUT2D eigenvalue weighted by Crippen LogP contribution is 2.44. The number of terminal acetylenes is 1. The van der Waals surface area contributed by atoms with Crippen molar-refractivity contribution in [3.05, 3.63) is 77.5 Å². The van der Waals surface area contributed by atoms with Crippen LogP contribution in [0.25, 0.3) is 0 Å². The van der Waals surface area contributed by atoms with Gasteiger partial charge in [-0.1, -0.05) is 60.0 Å². The molecule has 0 N–H and O–H groups in total. The standard InChI is InChI=1S/C21H21NO2S/c1-5-21(19-10-6-16(2)7-11-19)14-15-22(18(21)4)25(23,24)20-12-8-17(3)9-13-20/h1,6-13H,4,14-15H2,2-3H3. The molecule has 3 rings (SSSR count). The van der Waals surface area contributed by atoms with Gasteiger partial charge in [0.25, 0.3) is 10.0 Å². The highest BCUT2D eigenvalue weighted by molar-refractivity contribution is 7.89. The van der Waals surface area contributed by atoms with Crippen LogP contribution in [-0.2, 0) is 15.4 Å². The Hall–Kier alpha value is -2.51. The van der Waals surface area contributed by atoms with Gasteiger partial charge in [0.1, 0.15) is 0 Å². The van der Waals surface area contributed by atoms with Gasteiger partial charge in [-0.05, 0) is 38.0 Å². The number of rotatable bonds is 3. The summed E-state index contributed by atoms with van der Waals surface area (Å²) in [4.78, 5) is 0.260. The van der Waals surface area contributed by atoms with E-state index >= 15 is 0 Å². The molecule has 25 heavy (non-hydrogen) atoms. The van der Waals surface area contributed by atoms with Gasteiger partial charge in [0.05, 0.1) is 10.3 Å². The minimum Gasteiger partial charge on any atom is -0.269 e. The minimum atomic E-state index is -3.66. The molecule has 3 nitrogen and oxygen atoms in total. The summed E-state index contributed by atoms with van der Waals surface area (Å²) in [5.41, 5.74) is 2.71. The van der Waals surface area contributed by atoms with Crippen LogP contribution < -0.4 is 0 Å². The number of aryl methyl sites for hydroxylation is 2. The van der Waals surface area contributed by atoms with Crippen LogP contribution in [0.5, 0.6) is 0 Å². The van der Waals surface area contributed by atoms with Crippen LogP contribution in [0.2, 0.25) is 0 Å². The molecule has 1 heterocycles. The van der Waals surface area contributed by atoms with Gasteiger partial charge in [-0.3, -0.25) is 4.31 Å². The highest BCUT2D eigenvalue weighted by atomic mass is 32.2. The predicted molar refractivity (Wildman–Crippen MR) is 101 cm³/mol. The van der Waals surface area contributed by atoms with Crippen molar-refractivity contribution in [2.45, 2.75) is 30.6 Å². The maximum atomic E-state index is 13.0. The van der Waals surface area contributed by atoms with E-state index in [4.69, 9.17) is 6.42 Å². The topological polar surface area (TPSA) is 37.4 Å². The van der Waals surface area contributed by atoms with E-state index in [-0.39, 0.29) is 4.90 Å². The smallest absolute Gasteiger partial charge is 0.264 e. The Labute approximate surface area is 150 Å². The van der Waals surface area contributed by atoms with Crippen molar-refractivity contribution in [3.63, 3.8) is 0 Å². The second-order valence-corrected chi connectivity index (χ2v) is 8.36. The first-order chi connectivity index (χ1) is 11.8. The van der Waals surface area contributed by atoms with Gasteiger partial charge in [-0.15, -0.1) is 6.42 Å². The molecular weight excluding hydrogens is 330 g/mol. The summed E-state index contributed by atoms with van der Waals surface area (Å²) in [6, 6.07) is 14.7. The SMILES string of the molecule is C#CC1(c2ccc(C)cc2)CCN(S(=O)(=O)c2ccc(C)cc2)C1=C. The van der Waals surface area contributed by atoms with Crippen molar-refractivity contribution in [2.24, 2.45) is 0 Å². The Morgan fingerprint density at radius 1 is 1.04 bits per heavy atom. The monoisotopic (exact) mass is 351 g/mol. The molecule has 1 aliphatic rings. The Kier molecular flexibility index (Phi) is 4.22. The third kappa shape index (κ3) is 2.75. The van der Waals surface area contributed by atoms with Crippen molar-refractivity contribution in [3.8, 4) is 12.3 Å². The molecule has 1 fully saturated rings. The molecule has 0 bridgehead atoms. The fraction of sp³-hybridized carbons (Fsp3) is 0.238. The summed E-state index contributed by atoms with van der Waals surface area (Å²) in [6.07, 6.45) is 6.39. The summed E-state index contributed by atoms with van der Waals surface area (Å²) in [7, 11) is -3.66. The molecule has 0 spiro atoms. The molecule has 1 saturated heterocycles. The van der Waals surface area contributed by atoms with E-state index in [0.717, 1.165) is 16.7 Å². The van der Waals surface area contributed by atoms with Gasteiger partial charge in [-0.25, -0.2) is 8.42 Å². The lowest BCUT2D eigenvalue weighted by atomic mass is 9.78. The van der Waals surface area contributed by atoms with Crippen LogP contribution in [0.1, 0.15) is 23.1 Å². The Morgan fingerprint density at radius 3 is 2.08 bits per heavy atom. The van der Waals surface area contributed by atoms with Crippen molar-refractivity contribution in [1.29, 1.82) is 0 Å². The zero-order chi connectivity index (χ0) is 18.2. The molecule has 4 heteroatoms. The normalized spacial score (nSPS) is 20.5. The average Bonchev–Trinajstić information content (AvgIpc) is 2.94. The van der Waals surface area contributed by atoms with Crippen LogP contribution >= 0.6 is 0 Å². The molecule has 0 radical (unpaired) electrons. The number of hydrogen-bond acceptors (Lipinski definition) is 2. The predicted octanol–water partition coefficient (Wildman–Crippen LogP) is 3.78. The number of benzene rings is 2. The van der Waals surface area contributed by atoms with Gasteiger partial charge < -0.3 is 0 Å². The molecule has 0 aliphatic carbocycles. The van der Waals surface area contributed by atoms with Crippen LogP contribution in [-0.4, -0.2) is 19.3 Å². The maximum absolute atomic E-state index is 13.0. The van der Waals surface area contributed by atoms with Crippen molar-refractivity contribution in [1.82, 2.24) is 4.31 Å². The maximum Gasteiger partial charge on any atom is 0.264 e. The zero-order valence-corrected chi connectivity index (χ0v) is 15.3. The van der Waals surface area contributed by atoms with Crippen molar-refractivity contribution >= 4 is 10.0 Å². The summed E-state index contributed by atoms with van der Waals surface area (Å²) in [6.45, 7) is 8.33. The minimum absolute atomic E-state index is 0.260. The van der Waals surface area contributed by atoms with Gasteiger partial charge in [0, 0.05) is 12.2 Å². The molecule has 1 aliphatic heterocycles. The summed E-state index contributed by atoms with van der Waals surface area (Å²) >= 11 is 0. The molecule has 128 valence electrons. The molecule has 1 unspecified atom stereocenters. The number of sulfonamides is 1. The first kappa shape index (κ1) is 17.3. The lowest BCUT2D eigenvalue weighted by Gasteiger charge is -2.28. The van der Waals surface area contributed by atoms with E-state index in [0.29, 0.717) is 18.7 Å². The molecule has 1 atom stereocenters. The van der Waals surface area contributed by atoms with Crippen LogP contribution in [0.4, 0.5) is 0 Å². The molecule has 0 saturated carbocycles. The third-order valence-electron chi connectivity index (χ3n) is 4.88. The third-order valence-corrected chi connectivity index (χ3v) is 6.73. The van der Waals surface area contributed by atoms with Crippen molar-refractivity contribution in [2.75, 3.05) is 6.54 Å². The Bertz CT molecular complexity index is 950. The summed E-state index contributed by atoms with van der Waals surface area (Å²) < 4.78 is 27.4. The highest BCUT2D eigenvalue weighted by Gasteiger charge is 2.46. The zero-order valence-electron chi connectivity index (χ0n) is 14.5. The van der Waals surface area contributed by atoms with Gasteiger partial charge in [0.2, 0.25) is 0 Å². The average molecular weight is 351 g/mol. The van der Waals surface area contributed by atoms with Crippen molar-refractivity contribution < 1.29 is 8.42 Å². The summed E-state index contributed by atoms with van der Waals surface area (Å²) in [5, 5.41) is 0.